The number of ether oxygens (including phenoxy) is 1. The van der Waals surface area contributed by atoms with Crippen LogP contribution in [0.15, 0.2) is 42.5 Å². The largest absolute Gasteiger partial charge is 0.491 e. The average molecular weight is 255 g/mol. The normalized spacial score (nSPS) is 12.2. The van der Waals surface area contributed by atoms with Crippen LogP contribution in [0, 0.1) is 20.8 Å². The molecule has 0 aliphatic carbocycles. The van der Waals surface area contributed by atoms with E-state index < -0.39 is 0 Å². The van der Waals surface area contributed by atoms with Crippen LogP contribution < -0.4 is 10.5 Å². The molecular weight excluding hydrogens is 234 g/mol. The van der Waals surface area contributed by atoms with Crippen molar-refractivity contribution in [2.75, 3.05) is 6.61 Å². The predicted molar refractivity (Wildman–Crippen MR) is 79.5 cm³/mol. The van der Waals surface area contributed by atoms with Crippen LogP contribution in [0.25, 0.3) is 0 Å². The zero-order chi connectivity index (χ0) is 13.8. The number of benzene rings is 2. The van der Waals surface area contributed by atoms with Crippen molar-refractivity contribution in [2.45, 2.75) is 26.8 Å². The summed E-state index contributed by atoms with van der Waals surface area (Å²) in [5, 5.41) is 0. The van der Waals surface area contributed by atoms with Gasteiger partial charge >= 0.3 is 0 Å². The van der Waals surface area contributed by atoms with Crippen LogP contribution >= 0.6 is 0 Å². The van der Waals surface area contributed by atoms with E-state index in [2.05, 4.69) is 57.2 Å². The molecule has 2 aromatic rings. The highest BCUT2D eigenvalue weighted by atomic mass is 16.5. The van der Waals surface area contributed by atoms with Gasteiger partial charge in [0.05, 0.1) is 6.04 Å². The Kier molecular flexibility index (Phi) is 4.23. The Morgan fingerprint density at radius 1 is 0.947 bits per heavy atom. The molecule has 0 spiro atoms. The summed E-state index contributed by atoms with van der Waals surface area (Å²) in [6.07, 6.45) is 0. The van der Waals surface area contributed by atoms with E-state index in [1.54, 1.807) is 0 Å². The summed E-state index contributed by atoms with van der Waals surface area (Å²) < 4.78 is 5.89. The van der Waals surface area contributed by atoms with Crippen LogP contribution in [-0.2, 0) is 0 Å². The van der Waals surface area contributed by atoms with Crippen LogP contribution in [-0.4, -0.2) is 6.61 Å². The van der Waals surface area contributed by atoms with Gasteiger partial charge < -0.3 is 10.5 Å². The van der Waals surface area contributed by atoms with Crippen LogP contribution in [0.4, 0.5) is 0 Å². The SMILES string of the molecule is Cc1ccc(C(N)COc2c(C)cccc2C)cc1. The van der Waals surface area contributed by atoms with E-state index in [9.17, 15) is 0 Å². The van der Waals surface area contributed by atoms with Gasteiger partial charge in [0.1, 0.15) is 12.4 Å². The third kappa shape index (κ3) is 3.36. The van der Waals surface area contributed by atoms with Gasteiger partial charge in [-0.05, 0) is 37.5 Å². The lowest BCUT2D eigenvalue weighted by Gasteiger charge is -2.16. The first kappa shape index (κ1) is 13.6. The maximum absolute atomic E-state index is 6.17. The van der Waals surface area contributed by atoms with Crippen molar-refractivity contribution in [3.05, 3.63) is 64.7 Å². The third-order valence-electron chi connectivity index (χ3n) is 3.32. The van der Waals surface area contributed by atoms with E-state index in [0.717, 1.165) is 22.4 Å². The summed E-state index contributed by atoms with van der Waals surface area (Å²) >= 11 is 0. The minimum atomic E-state index is -0.0976. The van der Waals surface area contributed by atoms with Crippen LogP contribution in [0.2, 0.25) is 0 Å². The molecule has 0 bridgehead atoms. The molecule has 100 valence electrons. The van der Waals surface area contributed by atoms with Crippen molar-refractivity contribution in [1.29, 1.82) is 0 Å². The second kappa shape index (κ2) is 5.89. The number of nitrogens with two attached hydrogens (primary N) is 1. The molecule has 2 nitrogen and oxygen atoms in total. The molecule has 0 aliphatic heterocycles. The molecule has 2 N–H and O–H groups in total. The van der Waals surface area contributed by atoms with Gasteiger partial charge in [-0.25, -0.2) is 0 Å². The van der Waals surface area contributed by atoms with E-state index in [-0.39, 0.29) is 6.04 Å². The van der Waals surface area contributed by atoms with Gasteiger partial charge in [-0.15, -0.1) is 0 Å². The number of hydrogen-bond donors (Lipinski definition) is 1. The molecule has 2 aromatic carbocycles. The fraction of sp³-hybridized carbons (Fsp3) is 0.294. The zero-order valence-corrected chi connectivity index (χ0v) is 11.8. The Labute approximate surface area is 115 Å². The fourth-order valence-corrected chi connectivity index (χ4v) is 2.11. The minimum absolute atomic E-state index is 0.0976. The highest BCUT2D eigenvalue weighted by molar-refractivity contribution is 5.39. The molecule has 0 aromatic heterocycles. The number of para-hydroxylation sites is 1. The predicted octanol–water partition coefficient (Wildman–Crippen LogP) is 3.69. The van der Waals surface area contributed by atoms with E-state index in [1.165, 1.54) is 5.56 Å². The molecule has 1 unspecified atom stereocenters. The maximum atomic E-state index is 6.17. The van der Waals surface area contributed by atoms with Crippen molar-refractivity contribution < 1.29 is 4.74 Å². The Hall–Kier alpha value is -1.80. The highest BCUT2D eigenvalue weighted by Gasteiger charge is 2.09. The maximum Gasteiger partial charge on any atom is 0.125 e. The monoisotopic (exact) mass is 255 g/mol. The Morgan fingerprint density at radius 2 is 1.53 bits per heavy atom. The van der Waals surface area contributed by atoms with E-state index >= 15 is 0 Å². The number of hydrogen-bond acceptors (Lipinski definition) is 2. The quantitative estimate of drug-likeness (QED) is 0.904. The molecule has 0 heterocycles. The molecule has 0 saturated carbocycles. The smallest absolute Gasteiger partial charge is 0.125 e. The molecule has 0 saturated heterocycles. The van der Waals surface area contributed by atoms with Crippen LogP contribution in [0.1, 0.15) is 28.3 Å². The van der Waals surface area contributed by atoms with Crippen molar-refractivity contribution in [3.63, 3.8) is 0 Å². The molecule has 2 rings (SSSR count). The van der Waals surface area contributed by atoms with Crippen molar-refractivity contribution in [2.24, 2.45) is 5.73 Å². The summed E-state index contributed by atoms with van der Waals surface area (Å²) in [7, 11) is 0. The lowest BCUT2D eigenvalue weighted by atomic mass is 10.1. The highest BCUT2D eigenvalue weighted by Crippen LogP contribution is 2.23. The van der Waals surface area contributed by atoms with Gasteiger partial charge in [0.2, 0.25) is 0 Å². The summed E-state index contributed by atoms with van der Waals surface area (Å²) in [6, 6.07) is 14.3. The van der Waals surface area contributed by atoms with Gasteiger partial charge in [-0.3, -0.25) is 0 Å². The van der Waals surface area contributed by atoms with E-state index in [0.29, 0.717) is 6.61 Å². The van der Waals surface area contributed by atoms with Gasteiger partial charge in [0.15, 0.2) is 0 Å². The first-order chi connectivity index (χ1) is 9.08. The fourth-order valence-electron chi connectivity index (χ4n) is 2.11. The third-order valence-corrected chi connectivity index (χ3v) is 3.32. The lowest BCUT2D eigenvalue weighted by molar-refractivity contribution is 0.287. The molecule has 2 heteroatoms. The first-order valence-electron chi connectivity index (χ1n) is 6.59. The lowest BCUT2D eigenvalue weighted by Crippen LogP contribution is -2.19. The second-order valence-electron chi connectivity index (χ2n) is 5.05. The van der Waals surface area contributed by atoms with Gasteiger partial charge in [0, 0.05) is 0 Å². The second-order valence-corrected chi connectivity index (χ2v) is 5.05. The van der Waals surface area contributed by atoms with Gasteiger partial charge in [-0.1, -0.05) is 48.0 Å². The standard InChI is InChI=1S/C17H21NO/c1-12-7-9-15(10-8-12)16(18)11-19-17-13(2)5-4-6-14(17)3/h4-10,16H,11,18H2,1-3H3. The van der Waals surface area contributed by atoms with Gasteiger partial charge in [-0.2, -0.15) is 0 Å². The van der Waals surface area contributed by atoms with E-state index in [4.69, 9.17) is 10.5 Å². The Bertz CT molecular complexity index is 525. The first-order valence-corrected chi connectivity index (χ1v) is 6.59. The minimum Gasteiger partial charge on any atom is -0.491 e. The average Bonchev–Trinajstić information content (AvgIpc) is 2.38. The Morgan fingerprint density at radius 3 is 2.11 bits per heavy atom. The molecule has 0 radical (unpaired) electrons. The van der Waals surface area contributed by atoms with Gasteiger partial charge in [0.25, 0.3) is 0 Å². The summed E-state index contributed by atoms with van der Waals surface area (Å²) in [4.78, 5) is 0. The number of rotatable bonds is 4. The summed E-state index contributed by atoms with van der Waals surface area (Å²) in [5.41, 5.74) is 10.8. The zero-order valence-electron chi connectivity index (χ0n) is 11.8. The summed E-state index contributed by atoms with van der Waals surface area (Å²) in [5.74, 6) is 0.949. The topological polar surface area (TPSA) is 35.2 Å². The molecule has 19 heavy (non-hydrogen) atoms. The number of aryl methyl sites for hydroxylation is 3. The summed E-state index contributed by atoms with van der Waals surface area (Å²) in [6.45, 7) is 6.68. The molecule has 0 aliphatic rings. The molecule has 1 atom stereocenters. The van der Waals surface area contributed by atoms with Crippen molar-refractivity contribution >= 4 is 0 Å². The molecular formula is C17H21NO. The Balaban J connectivity index is 2.04. The molecule has 0 fully saturated rings. The van der Waals surface area contributed by atoms with Crippen molar-refractivity contribution in [3.8, 4) is 5.75 Å². The van der Waals surface area contributed by atoms with Crippen LogP contribution in [0.3, 0.4) is 0 Å². The molecule has 0 amide bonds. The van der Waals surface area contributed by atoms with E-state index in [1.807, 2.05) is 6.07 Å². The van der Waals surface area contributed by atoms with Crippen molar-refractivity contribution in [1.82, 2.24) is 0 Å². The van der Waals surface area contributed by atoms with Crippen LogP contribution in [0.5, 0.6) is 5.75 Å².